The molecule has 0 saturated heterocycles. The predicted molar refractivity (Wildman–Crippen MR) is 128 cm³/mol. The maximum Gasteiger partial charge on any atom is 0.271 e. The van der Waals surface area contributed by atoms with Crippen molar-refractivity contribution < 1.29 is 22.9 Å². The Labute approximate surface area is 198 Å². The van der Waals surface area contributed by atoms with Gasteiger partial charge in [0.1, 0.15) is 11.8 Å². The number of nitro benzene ring substituents is 1. The Morgan fingerprint density at radius 3 is 2.35 bits per heavy atom. The molecule has 3 aromatic carbocycles. The van der Waals surface area contributed by atoms with Gasteiger partial charge in [-0.3, -0.25) is 14.9 Å². The number of carbonyl (C=O) groups is 1. The number of hydrogen-bond donors (Lipinski definition) is 2. The first-order valence-electron chi connectivity index (χ1n) is 10.5. The van der Waals surface area contributed by atoms with Crippen LogP contribution in [0, 0.1) is 17.0 Å². The van der Waals surface area contributed by atoms with E-state index in [0.717, 1.165) is 5.56 Å². The van der Waals surface area contributed by atoms with E-state index in [0.29, 0.717) is 17.9 Å². The van der Waals surface area contributed by atoms with Crippen LogP contribution in [0.4, 0.5) is 11.4 Å². The van der Waals surface area contributed by atoms with Crippen molar-refractivity contribution in [3.8, 4) is 5.75 Å². The molecule has 3 aromatic rings. The van der Waals surface area contributed by atoms with Gasteiger partial charge < -0.3 is 10.1 Å². The van der Waals surface area contributed by atoms with Crippen LogP contribution in [-0.4, -0.2) is 31.9 Å². The number of anilines is 1. The van der Waals surface area contributed by atoms with E-state index in [2.05, 4.69) is 10.0 Å². The van der Waals surface area contributed by atoms with Gasteiger partial charge in [0.2, 0.25) is 15.9 Å². The van der Waals surface area contributed by atoms with E-state index in [1.807, 2.05) is 13.0 Å². The van der Waals surface area contributed by atoms with Crippen molar-refractivity contribution in [3.05, 3.63) is 94.0 Å². The highest BCUT2D eigenvalue weighted by Gasteiger charge is 2.27. The van der Waals surface area contributed by atoms with Crippen LogP contribution in [-0.2, 0) is 21.2 Å². The summed E-state index contributed by atoms with van der Waals surface area (Å²) >= 11 is 0. The molecule has 1 amide bonds. The van der Waals surface area contributed by atoms with Crippen molar-refractivity contribution in [2.45, 2.75) is 31.2 Å². The molecule has 0 aromatic heterocycles. The monoisotopic (exact) mass is 483 g/mol. The van der Waals surface area contributed by atoms with Crippen molar-refractivity contribution in [3.63, 3.8) is 0 Å². The molecule has 0 bridgehead atoms. The standard InChI is InChI=1S/C24H25N3O6S/c1-3-33-20-11-13-21(14-12-20)34(31,32)26-23(15-18-7-5-4-6-8-18)24(28)25-22-16-19(27(29)30)10-9-17(22)2/h4-14,16,23,26H,3,15H2,1-2H3,(H,25,28). The predicted octanol–water partition coefficient (Wildman–Crippen LogP) is 3.83. The molecule has 1 unspecified atom stereocenters. The molecule has 3 rings (SSSR count). The molecular formula is C24H25N3O6S. The number of rotatable bonds is 10. The summed E-state index contributed by atoms with van der Waals surface area (Å²) in [5, 5.41) is 13.8. The van der Waals surface area contributed by atoms with Crippen LogP contribution >= 0.6 is 0 Å². The van der Waals surface area contributed by atoms with Gasteiger partial charge in [-0.05, 0) is 55.7 Å². The second kappa shape index (κ2) is 10.9. The molecule has 0 aliphatic heterocycles. The first-order chi connectivity index (χ1) is 16.2. The zero-order valence-electron chi connectivity index (χ0n) is 18.7. The van der Waals surface area contributed by atoms with E-state index in [4.69, 9.17) is 4.74 Å². The number of nitro groups is 1. The molecule has 0 saturated carbocycles. The van der Waals surface area contributed by atoms with E-state index in [-0.39, 0.29) is 22.7 Å². The zero-order valence-corrected chi connectivity index (χ0v) is 19.5. The van der Waals surface area contributed by atoms with Gasteiger partial charge in [0.05, 0.1) is 22.1 Å². The van der Waals surface area contributed by atoms with Gasteiger partial charge in [-0.2, -0.15) is 4.72 Å². The summed E-state index contributed by atoms with van der Waals surface area (Å²) in [5.41, 5.74) is 1.40. The van der Waals surface area contributed by atoms with E-state index in [1.165, 1.54) is 42.5 Å². The number of nitrogens with one attached hydrogen (secondary N) is 2. The summed E-state index contributed by atoms with van der Waals surface area (Å²) in [6.07, 6.45) is 0.0803. The van der Waals surface area contributed by atoms with Crippen LogP contribution in [0.2, 0.25) is 0 Å². The minimum atomic E-state index is -4.05. The lowest BCUT2D eigenvalue weighted by atomic mass is 10.1. The summed E-state index contributed by atoms with van der Waals surface area (Å²) in [7, 11) is -4.05. The molecule has 0 fully saturated rings. The fourth-order valence-electron chi connectivity index (χ4n) is 3.25. The van der Waals surface area contributed by atoms with E-state index < -0.39 is 26.9 Å². The highest BCUT2D eigenvalue weighted by atomic mass is 32.2. The fourth-order valence-corrected chi connectivity index (χ4v) is 4.45. The lowest BCUT2D eigenvalue weighted by Crippen LogP contribution is -2.45. The van der Waals surface area contributed by atoms with Gasteiger partial charge in [0, 0.05) is 12.1 Å². The third-order valence-electron chi connectivity index (χ3n) is 5.03. The Morgan fingerprint density at radius 2 is 1.74 bits per heavy atom. The molecule has 34 heavy (non-hydrogen) atoms. The van der Waals surface area contributed by atoms with Crippen LogP contribution in [0.15, 0.2) is 77.7 Å². The van der Waals surface area contributed by atoms with Crippen molar-refractivity contribution in [1.29, 1.82) is 0 Å². The van der Waals surface area contributed by atoms with Crippen molar-refractivity contribution >= 4 is 27.3 Å². The topological polar surface area (TPSA) is 128 Å². The largest absolute Gasteiger partial charge is 0.494 e. The third-order valence-corrected chi connectivity index (χ3v) is 6.52. The molecule has 0 aliphatic carbocycles. The quantitative estimate of drug-likeness (QED) is 0.333. The number of hydrogen-bond acceptors (Lipinski definition) is 6. The number of nitrogens with zero attached hydrogens (tertiary/aromatic N) is 1. The minimum absolute atomic E-state index is 0.0201. The van der Waals surface area contributed by atoms with Gasteiger partial charge in [-0.1, -0.05) is 36.4 Å². The maximum atomic E-state index is 13.2. The van der Waals surface area contributed by atoms with Crippen LogP contribution in [0.1, 0.15) is 18.1 Å². The summed E-state index contributed by atoms with van der Waals surface area (Å²) in [6.45, 7) is 3.96. The minimum Gasteiger partial charge on any atom is -0.494 e. The van der Waals surface area contributed by atoms with Crippen LogP contribution in [0.25, 0.3) is 0 Å². The van der Waals surface area contributed by atoms with Gasteiger partial charge >= 0.3 is 0 Å². The Balaban J connectivity index is 1.88. The first-order valence-corrected chi connectivity index (χ1v) is 12.0. The number of aryl methyl sites for hydroxylation is 1. The molecule has 0 heterocycles. The van der Waals surface area contributed by atoms with Crippen LogP contribution in [0.3, 0.4) is 0 Å². The maximum absolute atomic E-state index is 13.2. The molecule has 1 atom stereocenters. The molecule has 178 valence electrons. The van der Waals surface area contributed by atoms with Crippen LogP contribution < -0.4 is 14.8 Å². The van der Waals surface area contributed by atoms with Crippen molar-refractivity contribution in [1.82, 2.24) is 4.72 Å². The van der Waals surface area contributed by atoms with E-state index in [9.17, 15) is 23.3 Å². The smallest absolute Gasteiger partial charge is 0.271 e. The lowest BCUT2D eigenvalue weighted by molar-refractivity contribution is -0.384. The Bertz CT molecular complexity index is 1260. The average molecular weight is 484 g/mol. The Kier molecular flexibility index (Phi) is 7.98. The van der Waals surface area contributed by atoms with E-state index in [1.54, 1.807) is 31.2 Å². The molecule has 2 N–H and O–H groups in total. The number of carbonyl (C=O) groups excluding carboxylic acids is 1. The summed E-state index contributed by atoms with van der Waals surface area (Å²) in [4.78, 5) is 23.7. The fraction of sp³-hybridized carbons (Fsp3) is 0.208. The number of benzene rings is 3. The first kappa shape index (κ1) is 24.9. The molecule has 10 heteroatoms. The molecule has 0 aliphatic rings. The third kappa shape index (κ3) is 6.40. The van der Waals surface area contributed by atoms with Crippen molar-refractivity contribution in [2.24, 2.45) is 0 Å². The Morgan fingerprint density at radius 1 is 1.06 bits per heavy atom. The second-order valence-corrected chi connectivity index (χ2v) is 9.23. The van der Waals surface area contributed by atoms with Gasteiger partial charge in [0.15, 0.2) is 0 Å². The highest BCUT2D eigenvalue weighted by molar-refractivity contribution is 7.89. The number of non-ortho nitro benzene ring substituents is 1. The molecule has 9 nitrogen and oxygen atoms in total. The molecule has 0 spiro atoms. The van der Waals surface area contributed by atoms with Crippen LogP contribution in [0.5, 0.6) is 5.75 Å². The summed E-state index contributed by atoms with van der Waals surface area (Å²) in [6, 6.07) is 17.8. The number of sulfonamides is 1. The SMILES string of the molecule is CCOc1ccc(S(=O)(=O)NC(Cc2ccccc2)C(=O)Nc2cc([N+](=O)[O-])ccc2C)cc1. The van der Waals surface area contributed by atoms with Gasteiger partial charge in [-0.25, -0.2) is 8.42 Å². The summed E-state index contributed by atoms with van der Waals surface area (Å²) in [5.74, 6) is -0.108. The second-order valence-electron chi connectivity index (χ2n) is 7.51. The normalized spacial score (nSPS) is 12.1. The summed E-state index contributed by atoms with van der Waals surface area (Å²) < 4.78 is 33.9. The zero-order chi connectivity index (χ0) is 24.7. The molecular weight excluding hydrogens is 458 g/mol. The lowest BCUT2D eigenvalue weighted by Gasteiger charge is -2.19. The number of ether oxygens (including phenoxy) is 1. The van der Waals surface area contributed by atoms with Crippen molar-refractivity contribution in [2.75, 3.05) is 11.9 Å². The average Bonchev–Trinajstić information content (AvgIpc) is 2.81. The molecule has 0 radical (unpaired) electrons. The van der Waals surface area contributed by atoms with Gasteiger partial charge in [-0.15, -0.1) is 0 Å². The van der Waals surface area contributed by atoms with Gasteiger partial charge in [0.25, 0.3) is 5.69 Å². The Hall–Kier alpha value is -3.76. The highest BCUT2D eigenvalue weighted by Crippen LogP contribution is 2.23. The van der Waals surface area contributed by atoms with E-state index >= 15 is 0 Å². The number of amides is 1.